The Morgan fingerprint density at radius 2 is 1.90 bits per heavy atom. The summed E-state index contributed by atoms with van der Waals surface area (Å²) in [4.78, 5) is 0. The summed E-state index contributed by atoms with van der Waals surface area (Å²) in [5.41, 5.74) is 2.48. The Morgan fingerprint density at radius 1 is 1.15 bits per heavy atom. The molecule has 1 N–H and O–H groups in total. The first-order chi connectivity index (χ1) is 9.70. The molecule has 0 heterocycles. The highest BCUT2D eigenvalue weighted by molar-refractivity contribution is 9.10. The molecule has 2 aromatic carbocycles. The average Bonchev–Trinajstić information content (AvgIpc) is 2.46. The molecule has 0 aliphatic heterocycles. The van der Waals surface area contributed by atoms with Crippen LogP contribution in [0.15, 0.2) is 53.0 Å². The summed E-state index contributed by atoms with van der Waals surface area (Å²) in [6.07, 6.45) is 2.02. The van der Waals surface area contributed by atoms with E-state index >= 15 is 0 Å². The first-order valence-electron chi connectivity index (χ1n) is 6.93. The minimum atomic E-state index is 0.301. The number of benzene rings is 2. The van der Waals surface area contributed by atoms with E-state index in [1.54, 1.807) is 0 Å². The van der Waals surface area contributed by atoms with Gasteiger partial charge in [0.2, 0.25) is 0 Å². The van der Waals surface area contributed by atoms with Crippen LogP contribution >= 0.6 is 27.5 Å². The fourth-order valence-corrected chi connectivity index (χ4v) is 2.97. The monoisotopic (exact) mass is 351 g/mol. The third-order valence-electron chi connectivity index (χ3n) is 3.28. The van der Waals surface area contributed by atoms with E-state index in [4.69, 9.17) is 11.6 Å². The molecule has 0 bridgehead atoms. The molecular weight excluding hydrogens is 334 g/mol. The topological polar surface area (TPSA) is 12.0 Å². The van der Waals surface area contributed by atoms with E-state index in [1.807, 2.05) is 18.2 Å². The maximum atomic E-state index is 6.34. The molecule has 106 valence electrons. The van der Waals surface area contributed by atoms with Gasteiger partial charge in [-0.05, 0) is 42.6 Å². The van der Waals surface area contributed by atoms with Gasteiger partial charge in [0, 0.05) is 15.5 Å². The van der Waals surface area contributed by atoms with Crippen molar-refractivity contribution in [3.8, 4) is 0 Å². The highest BCUT2D eigenvalue weighted by atomic mass is 79.9. The van der Waals surface area contributed by atoms with E-state index in [2.05, 4.69) is 58.5 Å². The Morgan fingerprint density at radius 3 is 2.55 bits per heavy atom. The first kappa shape index (κ1) is 15.6. The van der Waals surface area contributed by atoms with Crippen molar-refractivity contribution in [2.45, 2.75) is 25.8 Å². The minimum absolute atomic E-state index is 0.301. The summed E-state index contributed by atoms with van der Waals surface area (Å²) in [6, 6.07) is 16.9. The van der Waals surface area contributed by atoms with Gasteiger partial charge in [0.15, 0.2) is 0 Å². The van der Waals surface area contributed by atoms with Crippen LogP contribution in [0.1, 0.15) is 30.5 Å². The molecule has 0 amide bonds. The Labute approximate surface area is 134 Å². The molecule has 0 fully saturated rings. The van der Waals surface area contributed by atoms with Gasteiger partial charge in [-0.15, -0.1) is 0 Å². The Kier molecular flexibility index (Phi) is 6.08. The van der Waals surface area contributed by atoms with Gasteiger partial charge in [-0.3, -0.25) is 0 Å². The molecule has 2 rings (SSSR count). The van der Waals surface area contributed by atoms with Gasteiger partial charge in [-0.25, -0.2) is 0 Å². The van der Waals surface area contributed by atoms with Crippen LogP contribution in [-0.2, 0) is 6.42 Å². The highest BCUT2D eigenvalue weighted by Gasteiger charge is 2.13. The maximum absolute atomic E-state index is 6.34. The molecule has 0 radical (unpaired) electrons. The van der Waals surface area contributed by atoms with E-state index in [1.165, 1.54) is 11.1 Å². The van der Waals surface area contributed by atoms with E-state index in [-0.39, 0.29) is 0 Å². The number of halogens is 2. The second kappa shape index (κ2) is 7.82. The molecule has 20 heavy (non-hydrogen) atoms. The zero-order valence-corrected chi connectivity index (χ0v) is 13.9. The molecular formula is C17H19BrClN. The fraction of sp³-hybridized carbons (Fsp3) is 0.294. The Hall–Kier alpha value is -0.830. The van der Waals surface area contributed by atoms with Gasteiger partial charge in [0.05, 0.1) is 0 Å². The first-order valence-corrected chi connectivity index (χ1v) is 8.10. The van der Waals surface area contributed by atoms with Gasteiger partial charge < -0.3 is 5.32 Å². The minimum Gasteiger partial charge on any atom is -0.310 e. The molecule has 2 aromatic rings. The Bertz CT molecular complexity index is 542. The quantitative estimate of drug-likeness (QED) is 0.735. The normalized spacial score (nSPS) is 12.3. The van der Waals surface area contributed by atoms with Crippen molar-refractivity contribution in [3.05, 3.63) is 69.2 Å². The van der Waals surface area contributed by atoms with Crippen molar-refractivity contribution in [2.24, 2.45) is 0 Å². The SMILES string of the molecule is CCCNC(Cc1ccc(Br)cc1Cl)c1ccccc1. The predicted octanol–water partition coefficient (Wildman–Crippen LogP) is 5.39. The molecule has 0 spiro atoms. The van der Waals surface area contributed by atoms with Crippen molar-refractivity contribution < 1.29 is 0 Å². The van der Waals surface area contributed by atoms with Crippen LogP contribution in [-0.4, -0.2) is 6.54 Å². The predicted molar refractivity (Wildman–Crippen MR) is 90.3 cm³/mol. The third-order valence-corrected chi connectivity index (χ3v) is 4.13. The lowest BCUT2D eigenvalue weighted by Gasteiger charge is -2.20. The fourth-order valence-electron chi connectivity index (χ4n) is 2.22. The van der Waals surface area contributed by atoms with Gasteiger partial charge >= 0.3 is 0 Å². The van der Waals surface area contributed by atoms with E-state index in [0.29, 0.717) is 6.04 Å². The summed E-state index contributed by atoms with van der Waals surface area (Å²) in [5, 5.41) is 4.42. The lowest BCUT2D eigenvalue weighted by atomic mass is 9.98. The molecule has 0 aromatic heterocycles. The molecule has 0 saturated heterocycles. The summed E-state index contributed by atoms with van der Waals surface area (Å²) >= 11 is 9.79. The number of hydrogen-bond acceptors (Lipinski definition) is 1. The molecule has 0 aliphatic carbocycles. The number of nitrogens with one attached hydrogen (secondary N) is 1. The molecule has 1 atom stereocenters. The van der Waals surface area contributed by atoms with E-state index in [9.17, 15) is 0 Å². The van der Waals surface area contributed by atoms with Crippen LogP contribution in [0.25, 0.3) is 0 Å². The number of hydrogen-bond donors (Lipinski definition) is 1. The second-order valence-corrected chi connectivity index (χ2v) is 6.18. The van der Waals surface area contributed by atoms with Crippen LogP contribution in [0.5, 0.6) is 0 Å². The van der Waals surface area contributed by atoms with Crippen molar-refractivity contribution in [1.29, 1.82) is 0 Å². The van der Waals surface area contributed by atoms with E-state index < -0.39 is 0 Å². The van der Waals surface area contributed by atoms with E-state index in [0.717, 1.165) is 28.9 Å². The van der Waals surface area contributed by atoms with Crippen LogP contribution < -0.4 is 5.32 Å². The van der Waals surface area contributed by atoms with Crippen molar-refractivity contribution in [2.75, 3.05) is 6.54 Å². The largest absolute Gasteiger partial charge is 0.310 e. The number of rotatable bonds is 6. The molecule has 3 heteroatoms. The maximum Gasteiger partial charge on any atom is 0.0449 e. The zero-order chi connectivity index (χ0) is 14.4. The lowest BCUT2D eigenvalue weighted by Crippen LogP contribution is -2.24. The third kappa shape index (κ3) is 4.34. The molecule has 0 saturated carbocycles. The highest BCUT2D eigenvalue weighted by Crippen LogP contribution is 2.26. The standard InChI is InChI=1S/C17H19BrClN/c1-2-10-20-17(13-6-4-3-5-7-13)11-14-8-9-15(18)12-16(14)19/h3-9,12,17,20H,2,10-11H2,1H3. The van der Waals surface area contributed by atoms with Gasteiger partial charge in [-0.2, -0.15) is 0 Å². The van der Waals surface area contributed by atoms with Crippen molar-refractivity contribution >= 4 is 27.5 Å². The summed E-state index contributed by atoms with van der Waals surface area (Å²) < 4.78 is 1.02. The molecule has 1 nitrogen and oxygen atoms in total. The summed E-state index contributed by atoms with van der Waals surface area (Å²) in [6.45, 7) is 3.19. The lowest BCUT2D eigenvalue weighted by molar-refractivity contribution is 0.529. The van der Waals surface area contributed by atoms with Crippen molar-refractivity contribution in [1.82, 2.24) is 5.32 Å². The summed E-state index contributed by atoms with van der Waals surface area (Å²) in [7, 11) is 0. The molecule has 1 unspecified atom stereocenters. The van der Waals surface area contributed by atoms with Gasteiger partial charge in [0.1, 0.15) is 0 Å². The van der Waals surface area contributed by atoms with Crippen molar-refractivity contribution in [3.63, 3.8) is 0 Å². The van der Waals surface area contributed by atoms with Crippen LogP contribution in [0, 0.1) is 0 Å². The average molecular weight is 353 g/mol. The van der Waals surface area contributed by atoms with Gasteiger partial charge in [0.25, 0.3) is 0 Å². The van der Waals surface area contributed by atoms with Crippen LogP contribution in [0.3, 0.4) is 0 Å². The van der Waals surface area contributed by atoms with Crippen LogP contribution in [0.4, 0.5) is 0 Å². The summed E-state index contributed by atoms with van der Waals surface area (Å²) in [5.74, 6) is 0. The van der Waals surface area contributed by atoms with Gasteiger partial charge in [-0.1, -0.05) is 70.9 Å². The molecule has 0 aliphatic rings. The smallest absolute Gasteiger partial charge is 0.0449 e. The zero-order valence-electron chi connectivity index (χ0n) is 11.6. The second-order valence-electron chi connectivity index (χ2n) is 4.86. The van der Waals surface area contributed by atoms with Crippen LogP contribution in [0.2, 0.25) is 5.02 Å². The Balaban J connectivity index is 2.19.